The van der Waals surface area contributed by atoms with E-state index < -0.39 is 0 Å². The second-order valence-corrected chi connectivity index (χ2v) is 13.7. The first kappa shape index (κ1) is 29.4. The summed E-state index contributed by atoms with van der Waals surface area (Å²) in [6.45, 7) is 7.83. The Morgan fingerprint density at radius 3 is 1.15 bits per heavy atom. The second kappa shape index (κ2) is 11.3. The number of fused-ring (bicyclic) bond motifs is 9. The van der Waals surface area contributed by atoms with Gasteiger partial charge in [0.2, 0.25) is 5.69 Å². The Morgan fingerprint density at radius 1 is 0.321 bits per heavy atom. The van der Waals surface area contributed by atoms with E-state index in [1.165, 1.54) is 59.9 Å². The third kappa shape index (κ3) is 4.29. The Morgan fingerprint density at radius 2 is 0.679 bits per heavy atom. The van der Waals surface area contributed by atoms with Crippen LogP contribution in [0.1, 0.15) is 0 Å². The number of aromatic nitrogens is 3. The highest BCUT2D eigenvalue weighted by Crippen LogP contribution is 2.40. The Bertz CT molecular complexity index is 3240. The molecule has 0 aliphatic heterocycles. The lowest BCUT2D eigenvalue weighted by atomic mass is 10.0. The number of benzene rings is 8. The predicted molar refractivity (Wildman–Crippen MR) is 221 cm³/mol. The van der Waals surface area contributed by atoms with Gasteiger partial charge < -0.3 is 13.7 Å². The van der Waals surface area contributed by atoms with Gasteiger partial charge in [0.25, 0.3) is 0 Å². The zero-order valence-electron chi connectivity index (χ0n) is 28.6. The molecule has 8 aromatic carbocycles. The van der Waals surface area contributed by atoms with E-state index in [1.54, 1.807) is 0 Å². The van der Waals surface area contributed by atoms with Crippen LogP contribution >= 0.6 is 0 Å². The van der Waals surface area contributed by atoms with Crippen molar-refractivity contribution in [3.8, 4) is 28.2 Å². The standard InChI is InChI=1S/C49H30N4/c1-50-42-16-6-11-21-49(42)53-46-20-10-5-15-39(46)41-31-33(23-29-48(41)53)32-22-28-47-40(30-32)38-14-4-9-19-45(38)52(47)35-26-24-34(25-27-35)51-43-17-7-2-12-36(43)37-13-3-8-18-44(37)51/h2-31H. The van der Waals surface area contributed by atoms with E-state index in [0.717, 1.165) is 33.7 Å². The van der Waals surface area contributed by atoms with E-state index in [0.29, 0.717) is 5.69 Å². The SMILES string of the molecule is [C-]#[N+]c1ccccc1-n1c2ccccc2c2cc(-c3ccc4c(c3)c3ccccc3n4-c3ccc(-n4c5ccccc5c5ccccc54)cc3)ccc21. The molecule has 53 heavy (non-hydrogen) atoms. The van der Waals surface area contributed by atoms with Gasteiger partial charge in [0, 0.05) is 43.7 Å². The Hall–Kier alpha value is -7.35. The summed E-state index contributed by atoms with van der Waals surface area (Å²) in [4.78, 5) is 3.85. The Kier molecular flexibility index (Phi) is 6.28. The molecular weight excluding hydrogens is 645 g/mol. The number of hydrogen-bond acceptors (Lipinski definition) is 0. The van der Waals surface area contributed by atoms with Gasteiger partial charge in [-0.3, -0.25) is 0 Å². The summed E-state index contributed by atoms with van der Waals surface area (Å²) < 4.78 is 6.98. The maximum Gasteiger partial charge on any atom is 0.210 e. The molecule has 3 aromatic heterocycles. The van der Waals surface area contributed by atoms with Crippen molar-refractivity contribution >= 4 is 71.1 Å². The molecule has 0 radical (unpaired) electrons. The quantitative estimate of drug-likeness (QED) is 0.166. The van der Waals surface area contributed by atoms with Gasteiger partial charge in [0.15, 0.2) is 0 Å². The third-order valence-electron chi connectivity index (χ3n) is 10.9. The third-order valence-corrected chi connectivity index (χ3v) is 10.9. The van der Waals surface area contributed by atoms with Crippen LogP contribution in [0.4, 0.5) is 5.69 Å². The van der Waals surface area contributed by atoms with Crippen LogP contribution in [-0.2, 0) is 0 Å². The molecule has 11 rings (SSSR count). The average molecular weight is 675 g/mol. The molecule has 3 heterocycles. The molecule has 4 nitrogen and oxygen atoms in total. The second-order valence-electron chi connectivity index (χ2n) is 13.7. The van der Waals surface area contributed by atoms with Crippen LogP contribution in [0.3, 0.4) is 0 Å². The van der Waals surface area contributed by atoms with Gasteiger partial charge in [-0.1, -0.05) is 103 Å². The van der Waals surface area contributed by atoms with E-state index in [-0.39, 0.29) is 0 Å². The van der Waals surface area contributed by atoms with Gasteiger partial charge in [-0.15, -0.1) is 0 Å². The highest BCUT2D eigenvalue weighted by atomic mass is 15.0. The highest BCUT2D eigenvalue weighted by molar-refractivity contribution is 6.13. The predicted octanol–water partition coefficient (Wildman–Crippen LogP) is 13.2. The maximum atomic E-state index is 7.83. The zero-order chi connectivity index (χ0) is 35.0. The number of para-hydroxylation sites is 6. The molecule has 0 aliphatic carbocycles. The molecule has 0 bridgehead atoms. The minimum Gasteiger partial charge on any atom is -0.319 e. The van der Waals surface area contributed by atoms with Crippen LogP contribution in [0.5, 0.6) is 0 Å². The monoisotopic (exact) mass is 674 g/mol. The fraction of sp³-hybridized carbons (Fsp3) is 0. The summed E-state index contributed by atoms with van der Waals surface area (Å²) in [5, 5.41) is 7.32. The summed E-state index contributed by atoms with van der Waals surface area (Å²) >= 11 is 0. The van der Waals surface area contributed by atoms with E-state index in [4.69, 9.17) is 6.57 Å². The van der Waals surface area contributed by atoms with Crippen LogP contribution in [0.2, 0.25) is 0 Å². The molecular formula is C49H30N4. The highest BCUT2D eigenvalue weighted by Gasteiger charge is 2.18. The van der Waals surface area contributed by atoms with Crippen LogP contribution in [0.25, 0.3) is 98.5 Å². The van der Waals surface area contributed by atoms with Crippen molar-refractivity contribution in [2.24, 2.45) is 0 Å². The molecule has 0 spiro atoms. The smallest absolute Gasteiger partial charge is 0.210 e. The molecule has 0 N–H and O–H groups in total. The summed E-state index contributed by atoms with van der Waals surface area (Å²) in [5.41, 5.74) is 13.1. The normalized spacial score (nSPS) is 11.8. The van der Waals surface area contributed by atoms with Crippen molar-refractivity contribution in [3.05, 3.63) is 193 Å². The van der Waals surface area contributed by atoms with E-state index in [1.807, 2.05) is 24.3 Å². The van der Waals surface area contributed by atoms with E-state index in [2.05, 4.69) is 176 Å². The topological polar surface area (TPSA) is 19.1 Å². The summed E-state index contributed by atoms with van der Waals surface area (Å²) in [5.74, 6) is 0. The summed E-state index contributed by atoms with van der Waals surface area (Å²) in [6.07, 6.45) is 0. The van der Waals surface area contributed by atoms with Crippen molar-refractivity contribution in [1.29, 1.82) is 0 Å². The number of rotatable bonds is 4. The molecule has 4 heteroatoms. The van der Waals surface area contributed by atoms with Crippen molar-refractivity contribution < 1.29 is 0 Å². The lowest BCUT2D eigenvalue weighted by molar-refractivity contribution is 1.14. The lowest BCUT2D eigenvalue weighted by Crippen LogP contribution is -1.97. The van der Waals surface area contributed by atoms with Gasteiger partial charge >= 0.3 is 0 Å². The van der Waals surface area contributed by atoms with Gasteiger partial charge in [-0.2, -0.15) is 0 Å². The first-order valence-corrected chi connectivity index (χ1v) is 17.9. The average Bonchev–Trinajstić information content (AvgIpc) is 3.86. The first-order chi connectivity index (χ1) is 26.3. The molecule has 11 aromatic rings. The first-order valence-electron chi connectivity index (χ1n) is 17.9. The molecule has 0 saturated carbocycles. The van der Waals surface area contributed by atoms with Crippen molar-refractivity contribution in [2.45, 2.75) is 0 Å². The van der Waals surface area contributed by atoms with Crippen molar-refractivity contribution in [2.75, 3.05) is 0 Å². The molecule has 0 amide bonds. The van der Waals surface area contributed by atoms with Crippen LogP contribution in [0.15, 0.2) is 182 Å². The van der Waals surface area contributed by atoms with Crippen molar-refractivity contribution in [1.82, 2.24) is 13.7 Å². The number of nitrogens with zero attached hydrogens (tertiary/aromatic N) is 4. The molecule has 0 saturated heterocycles. The summed E-state index contributed by atoms with van der Waals surface area (Å²) in [6, 6.07) is 64.9. The van der Waals surface area contributed by atoms with E-state index in [9.17, 15) is 0 Å². The maximum absolute atomic E-state index is 7.83. The summed E-state index contributed by atoms with van der Waals surface area (Å²) in [7, 11) is 0. The molecule has 0 unspecified atom stereocenters. The minimum absolute atomic E-state index is 0.641. The molecule has 0 atom stereocenters. The fourth-order valence-corrected chi connectivity index (χ4v) is 8.54. The van der Waals surface area contributed by atoms with Crippen LogP contribution in [-0.4, -0.2) is 13.7 Å². The van der Waals surface area contributed by atoms with E-state index >= 15 is 0 Å². The van der Waals surface area contributed by atoms with Crippen LogP contribution < -0.4 is 0 Å². The largest absolute Gasteiger partial charge is 0.319 e. The Labute approximate surface area is 305 Å². The minimum atomic E-state index is 0.641. The van der Waals surface area contributed by atoms with Gasteiger partial charge in [-0.25, -0.2) is 4.85 Å². The lowest BCUT2D eigenvalue weighted by Gasteiger charge is -2.12. The van der Waals surface area contributed by atoms with Gasteiger partial charge in [0.1, 0.15) is 0 Å². The zero-order valence-corrected chi connectivity index (χ0v) is 28.6. The Balaban J connectivity index is 1.05. The van der Waals surface area contributed by atoms with Gasteiger partial charge in [0.05, 0.1) is 45.4 Å². The van der Waals surface area contributed by atoms with Crippen LogP contribution in [0, 0.1) is 6.57 Å². The van der Waals surface area contributed by atoms with Crippen molar-refractivity contribution in [3.63, 3.8) is 0 Å². The molecule has 0 aliphatic rings. The molecule has 246 valence electrons. The molecule has 0 fully saturated rings. The van der Waals surface area contributed by atoms with Gasteiger partial charge in [-0.05, 0) is 90.0 Å². The fourth-order valence-electron chi connectivity index (χ4n) is 8.54. The number of hydrogen-bond donors (Lipinski definition) is 0.